The second-order valence-electron chi connectivity index (χ2n) is 6.01. The third kappa shape index (κ3) is 3.44. The molecule has 1 fully saturated rings. The lowest BCUT2D eigenvalue weighted by atomic mass is 9.80. The Hall–Kier alpha value is -0.120. The molecule has 0 radical (unpaired) electrons. The number of rotatable bonds is 5. The molecule has 1 aliphatic rings. The maximum Gasteiger partial charge on any atom is 0.0391 e. The molecule has 3 nitrogen and oxygen atoms in total. The molecule has 0 spiro atoms. The molecule has 1 aliphatic carbocycles. The van der Waals surface area contributed by atoms with Crippen molar-refractivity contribution >= 4 is 0 Å². The highest BCUT2D eigenvalue weighted by molar-refractivity contribution is 4.91. The first-order valence-electron chi connectivity index (χ1n) is 6.62. The second kappa shape index (κ2) is 5.99. The zero-order valence-corrected chi connectivity index (χ0v) is 11.4. The molecule has 3 N–H and O–H groups in total. The monoisotopic (exact) mass is 227 g/mol. The minimum Gasteiger partial charge on any atom is -0.303 e. The number of hydrogen-bond acceptors (Lipinski definition) is 3. The van der Waals surface area contributed by atoms with Gasteiger partial charge >= 0.3 is 0 Å². The molecule has 1 rings (SSSR count). The average molecular weight is 227 g/mol. The van der Waals surface area contributed by atoms with Crippen molar-refractivity contribution in [3.8, 4) is 0 Å². The Labute approximate surface area is 101 Å². The third-order valence-corrected chi connectivity index (χ3v) is 4.50. The summed E-state index contributed by atoms with van der Waals surface area (Å²) in [5.74, 6) is 6.61. The maximum atomic E-state index is 5.74. The van der Waals surface area contributed by atoms with Crippen LogP contribution in [-0.2, 0) is 0 Å². The number of nitrogens with two attached hydrogens (primary N) is 1. The van der Waals surface area contributed by atoms with Crippen molar-refractivity contribution in [2.45, 2.75) is 64.0 Å². The molecule has 0 bridgehead atoms. The summed E-state index contributed by atoms with van der Waals surface area (Å²) in [6.45, 7) is 4.53. The van der Waals surface area contributed by atoms with Crippen LogP contribution in [-0.4, -0.2) is 30.6 Å². The predicted octanol–water partition coefficient (Wildman–Crippen LogP) is 2.13. The maximum absolute atomic E-state index is 5.74. The number of nitrogens with one attached hydrogen (secondary N) is 1. The smallest absolute Gasteiger partial charge is 0.0391 e. The van der Waals surface area contributed by atoms with Gasteiger partial charge in [-0.1, -0.05) is 32.1 Å². The summed E-state index contributed by atoms with van der Waals surface area (Å²) in [6, 6.07) is 0.380. The van der Waals surface area contributed by atoms with Crippen LogP contribution >= 0.6 is 0 Å². The van der Waals surface area contributed by atoms with Gasteiger partial charge in [0.2, 0.25) is 0 Å². The lowest BCUT2D eigenvalue weighted by molar-refractivity contribution is 0.115. The first-order valence-corrected chi connectivity index (χ1v) is 6.62. The fourth-order valence-corrected chi connectivity index (χ4v) is 2.63. The van der Waals surface area contributed by atoms with E-state index < -0.39 is 0 Å². The highest BCUT2D eigenvalue weighted by Crippen LogP contribution is 2.30. The lowest BCUT2D eigenvalue weighted by Gasteiger charge is -2.41. The SMILES string of the molecule is CN(C)C(C)(C)C(CC1CCCCC1)NN. The first-order chi connectivity index (χ1) is 7.48. The Kier molecular flexibility index (Phi) is 5.22. The van der Waals surface area contributed by atoms with Crippen molar-refractivity contribution in [2.75, 3.05) is 14.1 Å². The number of hydrogen-bond donors (Lipinski definition) is 2. The van der Waals surface area contributed by atoms with Crippen LogP contribution in [0.25, 0.3) is 0 Å². The average Bonchev–Trinajstić information content (AvgIpc) is 2.26. The molecule has 0 heterocycles. The van der Waals surface area contributed by atoms with Crippen LogP contribution in [0, 0.1) is 5.92 Å². The van der Waals surface area contributed by atoms with E-state index in [1.807, 2.05) is 0 Å². The molecule has 0 aliphatic heterocycles. The van der Waals surface area contributed by atoms with E-state index in [2.05, 4.69) is 38.3 Å². The second-order valence-corrected chi connectivity index (χ2v) is 6.01. The van der Waals surface area contributed by atoms with Crippen LogP contribution in [0.15, 0.2) is 0 Å². The van der Waals surface area contributed by atoms with Crippen LogP contribution in [0.3, 0.4) is 0 Å². The zero-order chi connectivity index (χ0) is 12.2. The van der Waals surface area contributed by atoms with Crippen molar-refractivity contribution in [1.29, 1.82) is 0 Å². The molecule has 0 aromatic heterocycles. The Morgan fingerprint density at radius 3 is 2.25 bits per heavy atom. The minimum atomic E-state index is 0.117. The Balaban J connectivity index is 2.53. The van der Waals surface area contributed by atoms with Gasteiger partial charge in [-0.3, -0.25) is 11.3 Å². The Bertz CT molecular complexity index is 195. The van der Waals surface area contributed by atoms with E-state index in [1.54, 1.807) is 0 Å². The molecule has 1 unspecified atom stereocenters. The zero-order valence-electron chi connectivity index (χ0n) is 11.4. The Morgan fingerprint density at radius 1 is 1.25 bits per heavy atom. The van der Waals surface area contributed by atoms with Crippen LogP contribution in [0.4, 0.5) is 0 Å². The van der Waals surface area contributed by atoms with Gasteiger partial charge in [-0.15, -0.1) is 0 Å². The number of hydrazine groups is 1. The first kappa shape index (κ1) is 13.9. The van der Waals surface area contributed by atoms with Crippen LogP contribution in [0.1, 0.15) is 52.4 Å². The van der Waals surface area contributed by atoms with Crippen LogP contribution in [0.5, 0.6) is 0 Å². The van der Waals surface area contributed by atoms with Crippen molar-refractivity contribution in [3.63, 3.8) is 0 Å². The molecule has 1 saturated carbocycles. The van der Waals surface area contributed by atoms with Gasteiger partial charge in [-0.05, 0) is 40.3 Å². The summed E-state index contributed by atoms with van der Waals surface area (Å²) < 4.78 is 0. The highest BCUT2D eigenvalue weighted by atomic mass is 15.3. The summed E-state index contributed by atoms with van der Waals surface area (Å²) in [6.07, 6.45) is 8.23. The van der Waals surface area contributed by atoms with Crippen molar-refractivity contribution in [1.82, 2.24) is 10.3 Å². The molecule has 0 saturated heterocycles. The summed E-state index contributed by atoms with van der Waals surface area (Å²) >= 11 is 0. The fourth-order valence-electron chi connectivity index (χ4n) is 2.63. The van der Waals surface area contributed by atoms with Gasteiger partial charge in [0.25, 0.3) is 0 Å². The topological polar surface area (TPSA) is 41.3 Å². The van der Waals surface area contributed by atoms with E-state index in [1.165, 1.54) is 38.5 Å². The van der Waals surface area contributed by atoms with Crippen LogP contribution < -0.4 is 11.3 Å². The Morgan fingerprint density at radius 2 is 1.81 bits per heavy atom. The third-order valence-electron chi connectivity index (χ3n) is 4.50. The van der Waals surface area contributed by atoms with Crippen LogP contribution in [0.2, 0.25) is 0 Å². The quantitative estimate of drug-likeness (QED) is 0.558. The van der Waals surface area contributed by atoms with Crippen molar-refractivity contribution in [3.05, 3.63) is 0 Å². The molecule has 0 amide bonds. The summed E-state index contributed by atoms with van der Waals surface area (Å²) in [5.41, 5.74) is 3.15. The lowest BCUT2D eigenvalue weighted by Crippen LogP contribution is -2.57. The van der Waals surface area contributed by atoms with E-state index in [9.17, 15) is 0 Å². The molecular formula is C13H29N3. The molecule has 3 heteroatoms. The highest BCUT2D eigenvalue weighted by Gasteiger charge is 2.32. The molecule has 0 aromatic rings. The van der Waals surface area contributed by atoms with E-state index in [0.717, 1.165) is 5.92 Å². The van der Waals surface area contributed by atoms with Gasteiger partial charge in [0.1, 0.15) is 0 Å². The normalized spacial score (nSPS) is 21.4. The molecule has 1 atom stereocenters. The standard InChI is InChI=1S/C13H29N3/c1-13(2,16(3)4)12(15-14)10-11-8-6-5-7-9-11/h11-12,15H,5-10,14H2,1-4H3. The van der Waals surface area contributed by atoms with Gasteiger partial charge in [0, 0.05) is 11.6 Å². The molecule has 16 heavy (non-hydrogen) atoms. The number of nitrogens with zero attached hydrogens (tertiary/aromatic N) is 1. The largest absolute Gasteiger partial charge is 0.303 e. The van der Waals surface area contributed by atoms with Gasteiger partial charge < -0.3 is 4.90 Å². The molecular weight excluding hydrogens is 198 g/mol. The summed E-state index contributed by atoms with van der Waals surface area (Å²) in [5, 5.41) is 0. The molecule has 96 valence electrons. The van der Waals surface area contributed by atoms with Gasteiger partial charge in [-0.2, -0.15) is 0 Å². The van der Waals surface area contributed by atoms with Crippen molar-refractivity contribution in [2.24, 2.45) is 11.8 Å². The van der Waals surface area contributed by atoms with E-state index in [-0.39, 0.29) is 5.54 Å². The van der Waals surface area contributed by atoms with E-state index in [0.29, 0.717) is 6.04 Å². The van der Waals surface area contributed by atoms with E-state index >= 15 is 0 Å². The van der Waals surface area contributed by atoms with Crippen molar-refractivity contribution < 1.29 is 0 Å². The van der Waals surface area contributed by atoms with Gasteiger partial charge in [0.05, 0.1) is 0 Å². The fraction of sp³-hybridized carbons (Fsp3) is 1.00. The van der Waals surface area contributed by atoms with Gasteiger partial charge in [-0.25, -0.2) is 0 Å². The van der Waals surface area contributed by atoms with E-state index in [4.69, 9.17) is 5.84 Å². The summed E-state index contributed by atoms with van der Waals surface area (Å²) in [7, 11) is 4.26. The molecule has 0 aromatic carbocycles. The number of likely N-dealkylation sites (N-methyl/N-ethyl adjacent to an activating group) is 1. The summed E-state index contributed by atoms with van der Waals surface area (Å²) in [4.78, 5) is 2.26. The van der Waals surface area contributed by atoms with Gasteiger partial charge in [0.15, 0.2) is 0 Å². The predicted molar refractivity (Wildman–Crippen MR) is 70.1 cm³/mol. The minimum absolute atomic E-state index is 0.117.